The van der Waals surface area contributed by atoms with Crippen LogP contribution in [0.25, 0.3) is 65.4 Å². The van der Waals surface area contributed by atoms with Gasteiger partial charge in [0.05, 0.1) is 27.6 Å². The second kappa shape index (κ2) is 14.7. The maximum atomic E-state index is 5.68. The van der Waals surface area contributed by atoms with E-state index < -0.39 is 0 Å². The van der Waals surface area contributed by atoms with E-state index in [0.717, 1.165) is 71.2 Å². The van der Waals surface area contributed by atoms with E-state index in [9.17, 15) is 0 Å². The topological polar surface area (TPSA) is 113 Å². The fourth-order valence-corrected chi connectivity index (χ4v) is 5.39. The Labute approximate surface area is 283 Å². The number of ether oxygens (including phenoxy) is 1. The number of hydrogen-bond acceptors (Lipinski definition) is 8. The predicted molar refractivity (Wildman–Crippen MR) is 186 cm³/mol. The van der Waals surface area contributed by atoms with Gasteiger partial charge in [-0.15, -0.1) is 0 Å². The van der Waals surface area contributed by atoms with Crippen molar-refractivity contribution in [2.45, 2.75) is 0 Å². The van der Waals surface area contributed by atoms with E-state index in [2.05, 4.69) is 78.4 Å². The largest absolute Gasteiger partial charge is 0.492 e. The molecule has 0 fully saturated rings. The molecule has 0 saturated carbocycles. The van der Waals surface area contributed by atoms with Gasteiger partial charge in [-0.05, 0) is 48.5 Å². The summed E-state index contributed by atoms with van der Waals surface area (Å²) in [6.45, 7) is 0.989. The average molecular weight is 701 g/mol. The van der Waals surface area contributed by atoms with Crippen molar-refractivity contribution in [2.75, 3.05) is 13.2 Å². The van der Waals surface area contributed by atoms with Crippen molar-refractivity contribution in [2.24, 2.45) is 5.73 Å². The first-order valence-electron chi connectivity index (χ1n) is 14.9. The Kier molecular flexibility index (Phi) is 9.87. The molecule has 8 nitrogen and oxygen atoms in total. The molecule has 9 aromatic rings. The predicted octanol–water partition coefficient (Wildman–Crippen LogP) is 7.68. The van der Waals surface area contributed by atoms with Gasteiger partial charge in [0.1, 0.15) is 17.9 Å². The van der Waals surface area contributed by atoms with Crippen LogP contribution in [0.4, 0.5) is 0 Å². The molecule has 0 amide bonds. The van der Waals surface area contributed by atoms with Crippen LogP contribution in [0.5, 0.6) is 5.75 Å². The number of benzene rings is 3. The van der Waals surface area contributed by atoms with Crippen molar-refractivity contribution in [3.63, 3.8) is 0 Å². The number of hydrogen-bond donors (Lipinski definition) is 1. The molecule has 0 saturated heterocycles. The first-order valence-corrected chi connectivity index (χ1v) is 14.9. The third-order valence-corrected chi connectivity index (χ3v) is 7.49. The Morgan fingerprint density at radius 3 is 1.17 bits per heavy atom. The Hall–Kier alpha value is -5.50. The van der Waals surface area contributed by atoms with Crippen LogP contribution in [0.1, 0.15) is 0 Å². The first-order chi connectivity index (χ1) is 22.8. The minimum Gasteiger partial charge on any atom is -0.492 e. The number of nitrogens with zero attached hydrogens (tertiary/aromatic N) is 6. The molecule has 0 aliphatic heterocycles. The smallest absolute Gasteiger partial charge is 0.129 e. The van der Waals surface area contributed by atoms with E-state index in [1.54, 1.807) is 37.2 Å². The maximum Gasteiger partial charge on any atom is 0.129 e. The van der Waals surface area contributed by atoms with E-state index in [-0.39, 0.29) is 19.5 Å². The number of pyridine rings is 6. The SMILES string of the molecule is NCCOc1cc2cccnc2c2ncccc12.[Ru].c1cnc2c(c1)ccc1cccnc12.c1cnc2c(c1)ccc1cccnc12. The molecule has 0 bridgehead atoms. The van der Waals surface area contributed by atoms with E-state index in [0.29, 0.717) is 13.2 Å². The molecular weight excluding hydrogens is 672 g/mol. The van der Waals surface area contributed by atoms with Gasteiger partial charge in [-0.25, -0.2) is 0 Å². The van der Waals surface area contributed by atoms with Crippen molar-refractivity contribution >= 4 is 65.4 Å². The van der Waals surface area contributed by atoms with Gasteiger partial charge in [0, 0.05) is 95.5 Å². The molecule has 0 atom stereocenters. The van der Waals surface area contributed by atoms with Crippen LogP contribution < -0.4 is 10.5 Å². The zero-order valence-corrected chi connectivity index (χ0v) is 27.0. The summed E-state index contributed by atoms with van der Waals surface area (Å²) in [6.07, 6.45) is 10.7. The van der Waals surface area contributed by atoms with Gasteiger partial charge in [0.25, 0.3) is 0 Å². The van der Waals surface area contributed by atoms with E-state index in [1.165, 1.54) is 0 Å². The monoisotopic (exact) mass is 701 g/mol. The van der Waals surface area contributed by atoms with Crippen molar-refractivity contribution < 1.29 is 24.2 Å². The van der Waals surface area contributed by atoms with Crippen LogP contribution in [0.15, 0.2) is 140 Å². The van der Waals surface area contributed by atoms with Crippen molar-refractivity contribution in [3.05, 3.63) is 140 Å². The van der Waals surface area contributed by atoms with Crippen molar-refractivity contribution in [1.29, 1.82) is 0 Å². The van der Waals surface area contributed by atoms with Crippen LogP contribution in [0, 0.1) is 0 Å². The second-order valence-electron chi connectivity index (χ2n) is 10.4. The van der Waals surface area contributed by atoms with E-state index >= 15 is 0 Å². The number of aromatic nitrogens is 6. The summed E-state index contributed by atoms with van der Waals surface area (Å²) in [4.78, 5) is 26.2. The Balaban J connectivity index is 0.000000123. The van der Waals surface area contributed by atoms with Gasteiger partial charge < -0.3 is 10.5 Å². The summed E-state index contributed by atoms with van der Waals surface area (Å²) in [5, 5.41) is 6.54. The van der Waals surface area contributed by atoms with Crippen molar-refractivity contribution in [3.8, 4) is 5.75 Å². The summed E-state index contributed by atoms with van der Waals surface area (Å²) in [5.41, 5.74) is 11.1. The van der Waals surface area contributed by atoms with Gasteiger partial charge in [0.2, 0.25) is 0 Å². The van der Waals surface area contributed by atoms with Crippen LogP contribution >= 0.6 is 0 Å². The zero-order valence-electron chi connectivity index (χ0n) is 25.2. The van der Waals surface area contributed by atoms with E-state index in [1.807, 2.05) is 54.6 Å². The third kappa shape index (κ3) is 6.72. The fraction of sp³-hybridized carbons (Fsp3) is 0.0526. The van der Waals surface area contributed by atoms with Crippen LogP contribution in [-0.2, 0) is 19.5 Å². The summed E-state index contributed by atoms with van der Waals surface area (Å²) in [5.74, 6) is 0.809. The molecule has 6 heterocycles. The Morgan fingerprint density at radius 1 is 0.426 bits per heavy atom. The minimum atomic E-state index is 0. The van der Waals surface area contributed by atoms with Gasteiger partial charge >= 0.3 is 0 Å². The average Bonchev–Trinajstić information content (AvgIpc) is 3.14. The Bertz CT molecular complexity index is 2230. The van der Waals surface area contributed by atoms with Crippen LogP contribution in [0.2, 0.25) is 0 Å². The molecule has 0 radical (unpaired) electrons. The molecule has 9 heteroatoms. The van der Waals surface area contributed by atoms with Gasteiger partial charge in [-0.3, -0.25) is 29.9 Å². The van der Waals surface area contributed by atoms with Gasteiger partial charge in [0.15, 0.2) is 0 Å². The first kappa shape index (κ1) is 31.5. The summed E-state index contributed by atoms with van der Waals surface area (Å²) < 4.78 is 5.68. The molecule has 0 aliphatic carbocycles. The summed E-state index contributed by atoms with van der Waals surface area (Å²) >= 11 is 0. The molecule has 3 aromatic carbocycles. The Morgan fingerprint density at radius 2 is 0.766 bits per heavy atom. The standard InChI is InChI=1S/C14H13N3O.2C12H8N2.Ru/c15-5-8-18-12-9-10-3-1-6-16-13(10)14-11(12)4-2-7-17-14;2*1-3-9-5-6-10-4-2-8-14-12(10)11(9)13-7-1;/h1-4,6-7,9H,5,8,15H2;2*1-8H;. The molecule has 230 valence electrons. The molecule has 9 rings (SSSR count). The second-order valence-corrected chi connectivity index (χ2v) is 10.4. The number of fused-ring (bicyclic) bond motifs is 9. The molecule has 0 spiro atoms. The molecule has 47 heavy (non-hydrogen) atoms. The fourth-order valence-electron chi connectivity index (χ4n) is 5.39. The third-order valence-electron chi connectivity index (χ3n) is 7.49. The molecule has 0 aliphatic rings. The molecule has 0 unspecified atom stereocenters. The van der Waals surface area contributed by atoms with Gasteiger partial charge in [-0.2, -0.15) is 0 Å². The molecule has 2 N–H and O–H groups in total. The normalized spacial score (nSPS) is 10.7. The van der Waals surface area contributed by atoms with Gasteiger partial charge in [-0.1, -0.05) is 54.6 Å². The van der Waals surface area contributed by atoms with Crippen LogP contribution in [-0.4, -0.2) is 43.1 Å². The quantitative estimate of drug-likeness (QED) is 0.148. The van der Waals surface area contributed by atoms with Crippen LogP contribution in [0.3, 0.4) is 0 Å². The molecule has 6 aromatic heterocycles. The minimum absolute atomic E-state index is 0. The van der Waals surface area contributed by atoms with E-state index in [4.69, 9.17) is 10.5 Å². The maximum absolute atomic E-state index is 5.68. The number of rotatable bonds is 3. The summed E-state index contributed by atoms with van der Waals surface area (Å²) in [7, 11) is 0. The number of nitrogens with two attached hydrogens (primary N) is 1. The molecular formula is C38H29N7ORu. The zero-order chi connectivity index (χ0) is 31.1. The van der Waals surface area contributed by atoms with Crippen molar-refractivity contribution in [1.82, 2.24) is 29.9 Å². The summed E-state index contributed by atoms with van der Waals surface area (Å²) in [6, 6.07) is 34.1.